The van der Waals surface area contributed by atoms with Crippen molar-refractivity contribution in [2.75, 3.05) is 18.0 Å². The third-order valence-corrected chi connectivity index (χ3v) is 6.47. The molecule has 1 aromatic carbocycles. The highest BCUT2D eigenvalue weighted by molar-refractivity contribution is 7.21. The number of amides is 1. The number of thiophene rings is 1. The van der Waals surface area contributed by atoms with E-state index >= 15 is 0 Å². The zero-order valence-corrected chi connectivity index (χ0v) is 16.9. The summed E-state index contributed by atoms with van der Waals surface area (Å²) >= 11 is 1.43. The molecule has 1 aliphatic heterocycles. The van der Waals surface area contributed by atoms with Crippen molar-refractivity contribution < 1.29 is 4.79 Å². The van der Waals surface area contributed by atoms with Crippen molar-refractivity contribution in [3.05, 3.63) is 77.6 Å². The first kappa shape index (κ1) is 17.9. The minimum Gasteiger partial charge on any atom is -0.372 e. The van der Waals surface area contributed by atoms with Crippen LogP contribution in [0, 0.1) is 0 Å². The monoisotopic (exact) mass is 402 g/mol. The highest BCUT2D eigenvalue weighted by Crippen LogP contribution is 2.33. The molecule has 29 heavy (non-hydrogen) atoms. The second-order valence-electron chi connectivity index (χ2n) is 7.27. The first-order chi connectivity index (χ1) is 14.3. The highest BCUT2D eigenvalue weighted by Gasteiger charge is 2.20. The van der Waals surface area contributed by atoms with E-state index in [1.54, 1.807) is 6.20 Å². The predicted octanol–water partition coefficient (Wildman–Crippen LogP) is 4.62. The largest absolute Gasteiger partial charge is 0.372 e. The molecule has 0 unspecified atom stereocenters. The molecule has 0 bridgehead atoms. The summed E-state index contributed by atoms with van der Waals surface area (Å²) in [6.45, 7) is 2.78. The molecule has 0 saturated carbocycles. The van der Waals surface area contributed by atoms with Gasteiger partial charge in [0.2, 0.25) is 0 Å². The first-order valence-corrected chi connectivity index (χ1v) is 10.7. The summed E-state index contributed by atoms with van der Waals surface area (Å²) in [4.78, 5) is 21.4. The van der Waals surface area contributed by atoms with Crippen molar-refractivity contribution in [2.24, 2.45) is 0 Å². The van der Waals surface area contributed by atoms with Gasteiger partial charge in [-0.15, -0.1) is 11.3 Å². The Morgan fingerprint density at radius 1 is 1.03 bits per heavy atom. The number of pyridine rings is 1. The zero-order valence-electron chi connectivity index (χ0n) is 16.0. The van der Waals surface area contributed by atoms with Crippen LogP contribution in [0.1, 0.15) is 28.1 Å². The van der Waals surface area contributed by atoms with Gasteiger partial charge in [0.15, 0.2) is 0 Å². The van der Waals surface area contributed by atoms with Crippen molar-refractivity contribution in [2.45, 2.75) is 19.4 Å². The zero-order chi connectivity index (χ0) is 19.6. The number of rotatable bonds is 5. The van der Waals surface area contributed by atoms with Gasteiger partial charge in [0.25, 0.3) is 5.91 Å². The molecule has 1 amide bonds. The van der Waals surface area contributed by atoms with Crippen LogP contribution < -0.4 is 10.2 Å². The third kappa shape index (κ3) is 3.51. The predicted molar refractivity (Wildman–Crippen MR) is 118 cm³/mol. The number of fused-ring (bicyclic) bond motifs is 1. The molecule has 0 aliphatic carbocycles. The molecule has 1 N–H and O–H groups in total. The lowest BCUT2D eigenvalue weighted by atomic mass is 10.2. The Kier molecular flexibility index (Phi) is 4.77. The molecule has 1 fully saturated rings. The number of nitrogens with one attached hydrogen (secondary N) is 1. The Balaban J connectivity index is 1.36. The second-order valence-corrected chi connectivity index (χ2v) is 8.27. The van der Waals surface area contributed by atoms with Gasteiger partial charge in [-0.1, -0.05) is 12.1 Å². The fourth-order valence-electron chi connectivity index (χ4n) is 3.88. The number of benzene rings is 1. The van der Waals surface area contributed by atoms with Gasteiger partial charge in [0.1, 0.15) is 9.71 Å². The van der Waals surface area contributed by atoms with Gasteiger partial charge >= 0.3 is 0 Å². The first-order valence-electron chi connectivity index (χ1n) is 9.92. The molecule has 5 nitrogen and oxygen atoms in total. The minimum absolute atomic E-state index is 0.0691. The summed E-state index contributed by atoms with van der Waals surface area (Å²) in [5, 5.41) is 4.08. The number of hydrogen-bond donors (Lipinski definition) is 1. The maximum Gasteiger partial charge on any atom is 0.263 e. The van der Waals surface area contributed by atoms with Gasteiger partial charge in [-0.3, -0.25) is 4.79 Å². The molecule has 3 aromatic heterocycles. The Hall–Kier alpha value is -3.12. The Labute approximate surface area is 173 Å². The number of carbonyl (C=O) groups excluding carboxylic acids is 1. The van der Waals surface area contributed by atoms with E-state index in [0.29, 0.717) is 11.4 Å². The molecule has 0 spiro atoms. The van der Waals surface area contributed by atoms with Crippen molar-refractivity contribution in [3.8, 4) is 5.69 Å². The smallest absolute Gasteiger partial charge is 0.263 e. The second kappa shape index (κ2) is 7.72. The van der Waals surface area contributed by atoms with Crippen LogP contribution in [0.4, 0.5) is 5.69 Å². The molecule has 1 aliphatic rings. The SMILES string of the molecule is O=C(NCc1ccc(N2CCCC2)cc1)c1sc2ncccc2c1-n1cccc1. The van der Waals surface area contributed by atoms with E-state index in [2.05, 4.69) is 39.5 Å². The Bertz CT molecular complexity index is 1130. The number of hydrogen-bond acceptors (Lipinski definition) is 4. The summed E-state index contributed by atoms with van der Waals surface area (Å²) in [6, 6.07) is 16.4. The molecule has 6 heteroatoms. The van der Waals surface area contributed by atoms with E-state index in [4.69, 9.17) is 0 Å². The normalized spacial score (nSPS) is 13.9. The molecule has 0 radical (unpaired) electrons. The van der Waals surface area contributed by atoms with E-state index in [-0.39, 0.29) is 5.91 Å². The maximum absolute atomic E-state index is 13.0. The van der Waals surface area contributed by atoms with Crippen LogP contribution in [0.5, 0.6) is 0 Å². The van der Waals surface area contributed by atoms with E-state index in [1.807, 2.05) is 41.2 Å². The van der Waals surface area contributed by atoms with E-state index in [1.165, 1.54) is 29.9 Å². The van der Waals surface area contributed by atoms with Crippen LogP contribution in [0.25, 0.3) is 15.9 Å². The maximum atomic E-state index is 13.0. The number of anilines is 1. The van der Waals surface area contributed by atoms with Gasteiger partial charge in [-0.05, 0) is 54.8 Å². The van der Waals surface area contributed by atoms with E-state index < -0.39 is 0 Å². The van der Waals surface area contributed by atoms with E-state index in [0.717, 1.165) is 34.6 Å². The lowest BCUT2D eigenvalue weighted by Gasteiger charge is -2.17. The van der Waals surface area contributed by atoms with Crippen LogP contribution in [-0.2, 0) is 6.54 Å². The van der Waals surface area contributed by atoms with Gasteiger partial charge in [-0.2, -0.15) is 0 Å². The van der Waals surface area contributed by atoms with Gasteiger partial charge < -0.3 is 14.8 Å². The average molecular weight is 403 g/mol. The summed E-state index contributed by atoms with van der Waals surface area (Å²) in [5.74, 6) is -0.0691. The van der Waals surface area contributed by atoms with Crippen molar-refractivity contribution in [3.63, 3.8) is 0 Å². The van der Waals surface area contributed by atoms with Crippen LogP contribution in [-0.4, -0.2) is 28.5 Å². The third-order valence-electron chi connectivity index (χ3n) is 5.37. The van der Waals surface area contributed by atoms with Crippen LogP contribution >= 0.6 is 11.3 Å². The number of nitrogens with zero attached hydrogens (tertiary/aromatic N) is 3. The lowest BCUT2D eigenvalue weighted by Crippen LogP contribution is -2.23. The molecule has 5 rings (SSSR count). The van der Waals surface area contributed by atoms with Crippen LogP contribution in [0.2, 0.25) is 0 Å². The lowest BCUT2D eigenvalue weighted by molar-refractivity contribution is 0.0955. The molecular weight excluding hydrogens is 380 g/mol. The molecule has 146 valence electrons. The molecule has 0 atom stereocenters. The summed E-state index contributed by atoms with van der Waals surface area (Å²) < 4.78 is 1.99. The fraction of sp³-hybridized carbons (Fsp3) is 0.217. The Morgan fingerprint density at radius 2 is 1.79 bits per heavy atom. The number of aromatic nitrogens is 2. The summed E-state index contributed by atoms with van der Waals surface area (Å²) in [6.07, 6.45) is 8.23. The average Bonchev–Trinajstić information content (AvgIpc) is 3.52. The van der Waals surface area contributed by atoms with Crippen molar-refractivity contribution >= 4 is 33.1 Å². The standard InChI is InChI=1S/C23H22N4OS/c28-22(25-16-17-7-9-18(10-8-17)26-12-1-2-13-26)21-20(27-14-3-4-15-27)19-6-5-11-24-23(19)29-21/h3-11,14-15H,1-2,12-13,16H2,(H,25,28). The fourth-order valence-corrected chi connectivity index (χ4v) is 4.93. The molecule has 4 aromatic rings. The van der Waals surface area contributed by atoms with Crippen LogP contribution in [0.3, 0.4) is 0 Å². The summed E-state index contributed by atoms with van der Waals surface area (Å²) in [7, 11) is 0. The Morgan fingerprint density at radius 3 is 2.55 bits per heavy atom. The minimum atomic E-state index is -0.0691. The van der Waals surface area contributed by atoms with Gasteiger partial charge in [-0.25, -0.2) is 4.98 Å². The van der Waals surface area contributed by atoms with Crippen LogP contribution in [0.15, 0.2) is 67.1 Å². The molecule has 1 saturated heterocycles. The van der Waals surface area contributed by atoms with Crippen molar-refractivity contribution in [1.82, 2.24) is 14.9 Å². The van der Waals surface area contributed by atoms with Crippen molar-refractivity contribution in [1.29, 1.82) is 0 Å². The number of carbonyl (C=O) groups is 1. The van der Waals surface area contributed by atoms with Gasteiger partial charge in [0.05, 0.1) is 5.69 Å². The van der Waals surface area contributed by atoms with Gasteiger partial charge in [0, 0.05) is 49.3 Å². The highest BCUT2D eigenvalue weighted by atomic mass is 32.1. The molecular formula is C23H22N4OS. The van der Waals surface area contributed by atoms with E-state index in [9.17, 15) is 4.79 Å². The quantitative estimate of drug-likeness (QED) is 0.530. The summed E-state index contributed by atoms with van der Waals surface area (Å²) in [5.41, 5.74) is 3.26. The molecule has 4 heterocycles. The topological polar surface area (TPSA) is 50.2 Å².